The van der Waals surface area contributed by atoms with Crippen molar-refractivity contribution in [1.82, 2.24) is 4.90 Å². The van der Waals surface area contributed by atoms with E-state index in [0.29, 0.717) is 24.8 Å². The Morgan fingerprint density at radius 2 is 2.05 bits per heavy atom. The molecule has 3 heteroatoms. The molecule has 1 aliphatic heterocycles. The van der Waals surface area contributed by atoms with Crippen molar-refractivity contribution >= 4 is 11.6 Å². The van der Waals surface area contributed by atoms with Crippen LogP contribution in [0, 0.1) is 11.8 Å². The van der Waals surface area contributed by atoms with Crippen molar-refractivity contribution in [1.29, 1.82) is 0 Å². The zero-order chi connectivity index (χ0) is 13.8. The van der Waals surface area contributed by atoms with Gasteiger partial charge < -0.3 is 4.90 Å². The van der Waals surface area contributed by atoms with E-state index in [1.165, 1.54) is 0 Å². The molecule has 0 aromatic heterocycles. The minimum atomic E-state index is -0.279. The van der Waals surface area contributed by atoms with Crippen LogP contribution in [0.4, 0.5) is 0 Å². The summed E-state index contributed by atoms with van der Waals surface area (Å²) in [6.07, 6.45) is 6.39. The number of hydrogen-bond donors (Lipinski definition) is 0. The van der Waals surface area contributed by atoms with E-state index in [-0.39, 0.29) is 17.5 Å². The first kappa shape index (κ1) is 14.7. The van der Waals surface area contributed by atoms with Gasteiger partial charge in [0.05, 0.1) is 5.92 Å². The Hall–Kier alpha value is -0.700. The SMILES string of the molecule is CCCC(=O)C1C(=O)CC[C@H]2[C@H]1CCCN2CCC. The number of nitrogens with zero attached hydrogens (tertiary/aromatic N) is 1. The maximum Gasteiger partial charge on any atom is 0.143 e. The Morgan fingerprint density at radius 3 is 2.74 bits per heavy atom. The zero-order valence-corrected chi connectivity index (χ0v) is 12.4. The summed E-state index contributed by atoms with van der Waals surface area (Å²) in [4.78, 5) is 27.0. The first-order valence-corrected chi connectivity index (χ1v) is 7.98. The van der Waals surface area contributed by atoms with Crippen LogP contribution in [0.25, 0.3) is 0 Å². The highest BCUT2D eigenvalue weighted by molar-refractivity contribution is 6.03. The van der Waals surface area contributed by atoms with E-state index >= 15 is 0 Å². The molecule has 0 amide bonds. The lowest BCUT2D eigenvalue weighted by Gasteiger charge is -2.46. The van der Waals surface area contributed by atoms with Gasteiger partial charge in [0.15, 0.2) is 0 Å². The first-order valence-electron chi connectivity index (χ1n) is 7.98. The lowest BCUT2D eigenvalue weighted by Crippen LogP contribution is -2.53. The number of Topliss-reactive ketones (excluding diaryl/α,β-unsaturated/α-hetero) is 2. The molecule has 1 unspecified atom stereocenters. The van der Waals surface area contributed by atoms with Crippen molar-refractivity contribution in [2.45, 2.75) is 64.8 Å². The second-order valence-electron chi connectivity index (χ2n) is 6.11. The highest BCUT2D eigenvalue weighted by atomic mass is 16.2. The molecule has 0 spiro atoms. The fourth-order valence-corrected chi connectivity index (χ4v) is 4.01. The molecule has 1 saturated carbocycles. The Morgan fingerprint density at radius 1 is 1.26 bits per heavy atom. The van der Waals surface area contributed by atoms with Crippen molar-refractivity contribution in [3.8, 4) is 0 Å². The van der Waals surface area contributed by atoms with Gasteiger partial charge in [-0.2, -0.15) is 0 Å². The summed E-state index contributed by atoms with van der Waals surface area (Å²) in [6.45, 7) is 6.49. The molecule has 3 nitrogen and oxygen atoms in total. The number of carbonyl (C=O) groups excluding carboxylic acids is 2. The Bertz CT molecular complexity index is 338. The molecule has 0 radical (unpaired) electrons. The van der Waals surface area contributed by atoms with Crippen LogP contribution in [0.5, 0.6) is 0 Å². The van der Waals surface area contributed by atoms with Crippen LogP contribution in [-0.2, 0) is 9.59 Å². The number of carbonyl (C=O) groups is 2. The number of likely N-dealkylation sites (tertiary alicyclic amines) is 1. The largest absolute Gasteiger partial charge is 0.300 e. The van der Waals surface area contributed by atoms with Gasteiger partial charge in [-0.3, -0.25) is 9.59 Å². The quantitative estimate of drug-likeness (QED) is 0.717. The molecular formula is C16H27NO2. The summed E-state index contributed by atoms with van der Waals surface area (Å²) in [7, 11) is 0. The van der Waals surface area contributed by atoms with E-state index in [1.54, 1.807) is 0 Å². The minimum Gasteiger partial charge on any atom is -0.300 e. The van der Waals surface area contributed by atoms with Crippen LogP contribution in [0.2, 0.25) is 0 Å². The number of hydrogen-bond acceptors (Lipinski definition) is 3. The van der Waals surface area contributed by atoms with E-state index < -0.39 is 0 Å². The molecule has 1 saturated heterocycles. The molecule has 2 aliphatic rings. The summed E-state index contributed by atoms with van der Waals surface area (Å²) in [5.74, 6) is 0.456. The second kappa shape index (κ2) is 6.65. The van der Waals surface area contributed by atoms with Gasteiger partial charge in [-0.05, 0) is 51.1 Å². The van der Waals surface area contributed by atoms with Crippen LogP contribution in [0.3, 0.4) is 0 Å². The molecular weight excluding hydrogens is 238 g/mol. The molecule has 0 aromatic rings. The third kappa shape index (κ3) is 3.07. The van der Waals surface area contributed by atoms with Crippen molar-refractivity contribution in [3.05, 3.63) is 0 Å². The first-order chi connectivity index (χ1) is 9.19. The molecule has 0 aromatic carbocycles. The molecule has 2 fully saturated rings. The van der Waals surface area contributed by atoms with E-state index in [1.807, 2.05) is 6.92 Å². The Labute approximate surface area is 116 Å². The predicted octanol–water partition coefficient (Wildman–Crippen LogP) is 2.83. The maximum absolute atomic E-state index is 12.3. The van der Waals surface area contributed by atoms with Crippen molar-refractivity contribution < 1.29 is 9.59 Å². The van der Waals surface area contributed by atoms with Crippen LogP contribution < -0.4 is 0 Å². The number of rotatable bonds is 5. The van der Waals surface area contributed by atoms with E-state index in [0.717, 1.165) is 45.2 Å². The van der Waals surface area contributed by atoms with Crippen LogP contribution in [0.15, 0.2) is 0 Å². The van der Waals surface area contributed by atoms with E-state index in [4.69, 9.17) is 0 Å². The van der Waals surface area contributed by atoms with Gasteiger partial charge in [-0.15, -0.1) is 0 Å². The smallest absolute Gasteiger partial charge is 0.143 e. The Kier molecular flexibility index (Phi) is 5.14. The predicted molar refractivity (Wildman–Crippen MR) is 76.0 cm³/mol. The van der Waals surface area contributed by atoms with Crippen molar-refractivity contribution in [2.75, 3.05) is 13.1 Å². The second-order valence-corrected chi connectivity index (χ2v) is 6.11. The molecule has 1 heterocycles. The summed E-state index contributed by atoms with van der Waals surface area (Å²) in [6, 6.07) is 0.484. The highest BCUT2D eigenvalue weighted by Gasteiger charge is 2.45. The molecule has 2 rings (SSSR count). The monoisotopic (exact) mass is 265 g/mol. The third-order valence-electron chi connectivity index (χ3n) is 4.76. The third-order valence-corrected chi connectivity index (χ3v) is 4.76. The number of ketones is 2. The van der Waals surface area contributed by atoms with Crippen LogP contribution in [-0.4, -0.2) is 35.6 Å². The number of piperidine rings is 1. The normalized spacial score (nSPS) is 32.1. The highest BCUT2D eigenvalue weighted by Crippen LogP contribution is 2.38. The van der Waals surface area contributed by atoms with Gasteiger partial charge in [-0.1, -0.05) is 13.8 Å². The van der Waals surface area contributed by atoms with E-state index in [9.17, 15) is 9.59 Å². The standard InChI is InChI=1S/C16H27NO2/c1-3-6-14(18)16-12-7-5-11-17(10-4-2)13(12)8-9-15(16)19/h12-13,16H,3-11H2,1-2H3/t12-,13+,16?/m1/s1. The van der Waals surface area contributed by atoms with Gasteiger partial charge in [0.1, 0.15) is 11.6 Å². The fraction of sp³-hybridized carbons (Fsp3) is 0.875. The topological polar surface area (TPSA) is 37.4 Å². The molecule has 1 aliphatic carbocycles. The minimum absolute atomic E-state index is 0.209. The van der Waals surface area contributed by atoms with Crippen LogP contribution >= 0.6 is 0 Å². The molecule has 3 atom stereocenters. The summed E-state index contributed by atoms with van der Waals surface area (Å²) < 4.78 is 0. The van der Waals surface area contributed by atoms with Crippen LogP contribution in [0.1, 0.15) is 58.8 Å². The Balaban J connectivity index is 2.13. The van der Waals surface area contributed by atoms with Gasteiger partial charge in [-0.25, -0.2) is 0 Å². The summed E-state index contributed by atoms with van der Waals surface area (Å²) >= 11 is 0. The molecule has 108 valence electrons. The van der Waals surface area contributed by atoms with Gasteiger partial charge >= 0.3 is 0 Å². The van der Waals surface area contributed by atoms with Gasteiger partial charge in [0.2, 0.25) is 0 Å². The van der Waals surface area contributed by atoms with Crippen molar-refractivity contribution in [2.24, 2.45) is 11.8 Å². The molecule has 0 N–H and O–H groups in total. The average molecular weight is 265 g/mol. The lowest BCUT2D eigenvalue weighted by molar-refractivity contribution is -0.141. The fourth-order valence-electron chi connectivity index (χ4n) is 4.01. The number of fused-ring (bicyclic) bond motifs is 1. The lowest BCUT2D eigenvalue weighted by atomic mass is 9.68. The van der Waals surface area contributed by atoms with Gasteiger partial charge in [0.25, 0.3) is 0 Å². The average Bonchev–Trinajstić information content (AvgIpc) is 2.39. The van der Waals surface area contributed by atoms with Crippen molar-refractivity contribution in [3.63, 3.8) is 0 Å². The maximum atomic E-state index is 12.3. The van der Waals surface area contributed by atoms with E-state index in [2.05, 4.69) is 11.8 Å². The zero-order valence-electron chi connectivity index (χ0n) is 12.4. The molecule has 19 heavy (non-hydrogen) atoms. The summed E-state index contributed by atoms with van der Waals surface area (Å²) in [5, 5.41) is 0. The summed E-state index contributed by atoms with van der Waals surface area (Å²) in [5.41, 5.74) is 0. The van der Waals surface area contributed by atoms with Gasteiger partial charge in [0, 0.05) is 18.9 Å². The molecule has 0 bridgehead atoms.